The highest BCUT2D eigenvalue weighted by Gasteiger charge is 2.66. The molecule has 2 aromatic rings. The van der Waals surface area contributed by atoms with Crippen LogP contribution in [0.2, 0.25) is 0 Å². The fourth-order valence-corrected chi connectivity index (χ4v) is 7.70. The van der Waals surface area contributed by atoms with E-state index in [9.17, 15) is 9.59 Å². The molecule has 3 heterocycles. The zero-order valence-electron chi connectivity index (χ0n) is 22.1. The maximum absolute atomic E-state index is 13.7. The van der Waals surface area contributed by atoms with Crippen LogP contribution >= 0.6 is 0 Å². The summed E-state index contributed by atoms with van der Waals surface area (Å²) < 4.78 is 17.7. The van der Waals surface area contributed by atoms with Crippen molar-refractivity contribution in [3.05, 3.63) is 53.5 Å². The second-order valence-electron chi connectivity index (χ2n) is 11.6. The van der Waals surface area contributed by atoms with Crippen LogP contribution in [0.5, 0.6) is 11.5 Å². The molecular formula is C30H36N2O5. The molecule has 0 N–H and O–H groups in total. The Balaban J connectivity index is 1.42. The zero-order valence-corrected chi connectivity index (χ0v) is 22.1. The van der Waals surface area contributed by atoms with Gasteiger partial charge in [0.05, 0.1) is 18.6 Å². The van der Waals surface area contributed by atoms with Crippen molar-refractivity contribution in [1.82, 2.24) is 9.80 Å². The number of furan rings is 1. The van der Waals surface area contributed by atoms with E-state index in [0.717, 1.165) is 49.1 Å². The van der Waals surface area contributed by atoms with Gasteiger partial charge in [0.1, 0.15) is 17.6 Å². The number of likely N-dealkylation sites (tertiary alicyclic amines) is 1. The molecular weight excluding hydrogens is 468 g/mol. The number of ether oxygens (including phenoxy) is 2. The van der Waals surface area contributed by atoms with Crippen molar-refractivity contribution in [1.29, 1.82) is 0 Å². The van der Waals surface area contributed by atoms with Crippen LogP contribution < -0.4 is 9.47 Å². The number of hydrogen-bond donors (Lipinski definition) is 0. The topological polar surface area (TPSA) is 72.2 Å². The minimum Gasteiger partial charge on any atom is -0.487 e. The Morgan fingerprint density at radius 3 is 2.84 bits per heavy atom. The van der Waals surface area contributed by atoms with E-state index in [4.69, 9.17) is 13.9 Å². The predicted molar refractivity (Wildman–Crippen MR) is 139 cm³/mol. The average molecular weight is 505 g/mol. The van der Waals surface area contributed by atoms with E-state index in [-0.39, 0.29) is 29.4 Å². The molecule has 2 fully saturated rings. The van der Waals surface area contributed by atoms with Crippen LogP contribution in [0.15, 0.2) is 41.2 Å². The molecule has 4 aliphatic rings. The molecule has 2 aliphatic carbocycles. The highest BCUT2D eigenvalue weighted by Crippen LogP contribution is 2.63. The lowest BCUT2D eigenvalue weighted by Crippen LogP contribution is -2.68. The molecule has 2 bridgehead atoms. The fourth-order valence-electron chi connectivity index (χ4n) is 7.70. The number of benzene rings is 1. The predicted octanol–water partition coefficient (Wildman–Crippen LogP) is 4.44. The van der Waals surface area contributed by atoms with Gasteiger partial charge in [0, 0.05) is 47.7 Å². The van der Waals surface area contributed by atoms with E-state index in [1.54, 1.807) is 18.6 Å². The summed E-state index contributed by atoms with van der Waals surface area (Å²) in [5, 5.41) is 0. The van der Waals surface area contributed by atoms with E-state index in [1.165, 1.54) is 12.5 Å². The zero-order chi connectivity index (χ0) is 25.9. The summed E-state index contributed by atoms with van der Waals surface area (Å²) in [5.41, 5.74) is 3.05. The quantitative estimate of drug-likeness (QED) is 0.329. The lowest BCUT2D eigenvalue weighted by atomic mass is 9.51. The van der Waals surface area contributed by atoms with Gasteiger partial charge in [0.2, 0.25) is 5.91 Å². The van der Waals surface area contributed by atoms with Crippen molar-refractivity contribution in [2.75, 3.05) is 20.1 Å². The molecule has 0 unspecified atom stereocenters. The van der Waals surface area contributed by atoms with Crippen LogP contribution in [0.1, 0.15) is 56.7 Å². The van der Waals surface area contributed by atoms with Crippen LogP contribution in [0.25, 0.3) is 6.08 Å². The Hall–Kier alpha value is -3.06. The average Bonchev–Trinajstić information content (AvgIpc) is 3.49. The lowest BCUT2D eigenvalue weighted by Gasteiger charge is -2.60. The van der Waals surface area contributed by atoms with Crippen molar-refractivity contribution in [3.63, 3.8) is 0 Å². The summed E-state index contributed by atoms with van der Waals surface area (Å²) in [6.07, 6.45) is 10.4. The molecule has 1 aromatic heterocycles. The minimum atomic E-state index is -0.301. The maximum Gasteiger partial charge on any atom is 0.308 e. The lowest BCUT2D eigenvalue weighted by molar-refractivity contribution is -0.138. The number of likely N-dealkylation sites (N-methyl/N-ethyl adjacent to an activating group) is 1. The molecule has 1 spiro atoms. The van der Waals surface area contributed by atoms with Crippen molar-refractivity contribution in [2.24, 2.45) is 11.8 Å². The van der Waals surface area contributed by atoms with Crippen LogP contribution in [0.3, 0.4) is 0 Å². The SMILES string of the molecule is CC(=O)Oc1ccc2c3c1C[C@@H]1[C@@H]4CC[C@@H](N(CC(C)C)C(=O)C=Cc5ccoc5)[C@@H](O2)[C@]34CCN1C. The number of carbonyl (C=O) groups excluding carboxylic acids is 2. The summed E-state index contributed by atoms with van der Waals surface area (Å²) in [7, 11) is 2.21. The van der Waals surface area contributed by atoms with E-state index in [0.29, 0.717) is 30.2 Å². The molecule has 2 aliphatic heterocycles. The summed E-state index contributed by atoms with van der Waals surface area (Å²) >= 11 is 0. The number of carbonyl (C=O) groups is 2. The van der Waals surface area contributed by atoms with E-state index >= 15 is 0 Å². The molecule has 0 radical (unpaired) electrons. The van der Waals surface area contributed by atoms with Gasteiger partial charge in [0.15, 0.2) is 0 Å². The number of piperidine rings is 1. The Morgan fingerprint density at radius 1 is 1.27 bits per heavy atom. The fraction of sp³-hybridized carbons (Fsp3) is 0.533. The van der Waals surface area contributed by atoms with Crippen molar-refractivity contribution >= 4 is 18.0 Å². The Kier molecular flexibility index (Phi) is 5.94. The number of amides is 1. The second-order valence-corrected chi connectivity index (χ2v) is 11.6. The highest BCUT2D eigenvalue weighted by molar-refractivity contribution is 5.92. The summed E-state index contributed by atoms with van der Waals surface area (Å²) in [4.78, 5) is 30.1. The van der Waals surface area contributed by atoms with Gasteiger partial charge in [-0.3, -0.25) is 9.59 Å². The largest absolute Gasteiger partial charge is 0.487 e. The molecule has 196 valence electrons. The van der Waals surface area contributed by atoms with Crippen LogP contribution in [-0.2, 0) is 21.4 Å². The van der Waals surface area contributed by atoms with Gasteiger partial charge in [-0.1, -0.05) is 13.8 Å². The van der Waals surface area contributed by atoms with E-state index in [2.05, 4.69) is 30.7 Å². The van der Waals surface area contributed by atoms with Gasteiger partial charge in [0.25, 0.3) is 0 Å². The molecule has 5 atom stereocenters. The van der Waals surface area contributed by atoms with Gasteiger partial charge >= 0.3 is 5.97 Å². The molecule has 6 rings (SSSR count). The molecule has 7 nitrogen and oxygen atoms in total. The first-order chi connectivity index (χ1) is 17.8. The van der Waals surface area contributed by atoms with Gasteiger partial charge in [-0.25, -0.2) is 0 Å². The Morgan fingerprint density at radius 2 is 2.11 bits per heavy atom. The normalized spacial score (nSPS) is 29.8. The van der Waals surface area contributed by atoms with E-state index in [1.807, 2.05) is 24.3 Å². The minimum absolute atomic E-state index is 0.00965. The molecule has 1 aromatic carbocycles. The first-order valence-corrected chi connectivity index (χ1v) is 13.5. The smallest absolute Gasteiger partial charge is 0.308 e. The van der Waals surface area contributed by atoms with Gasteiger partial charge in [-0.15, -0.1) is 0 Å². The third-order valence-electron chi connectivity index (χ3n) is 9.03. The van der Waals surface area contributed by atoms with Gasteiger partial charge in [-0.2, -0.15) is 0 Å². The van der Waals surface area contributed by atoms with Crippen molar-refractivity contribution in [2.45, 2.75) is 70.1 Å². The molecule has 1 amide bonds. The molecule has 1 saturated carbocycles. The van der Waals surface area contributed by atoms with Crippen LogP contribution in [0, 0.1) is 11.8 Å². The third kappa shape index (κ3) is 3.81. The number of esters is 1. The Bertz CT molecular complexity index is 1230. The standard InChI is InChI=1S/C30H36N2O5/c1-18(2)16-32(27(34)10-5-20-11-14-35-17-20)23-7-6-22-24-15-21-25(36-19(3)33)8-9-26-28(21)30(22,29(23)37-26)12-13-31(24)4/h5,8-11,14,17-18,22-24,29H,6-7,12-13,15-16H2,1-4H3/t22-,23+,24+,29+,30-/m0/s1. The summed E-state index contributed by atoms with van der Waals surface area (Å²) in [6.45, 7) is 7.43. The molecule has 1 saturated heterocycles. The van der Waals surface area contributed by atoms with E-state index < -0.39 is 0 Å². The molecule has 7 heteroatoms. The second kappa shape index (κ2) is 9.05. The van der Waals surface area contributed by atoms with Crippen molar-refractivity contribution in [3.8, 4) is 11.5 Å². The van der Waals surface area contributed by atoms with Crippen LogP contribution in [-0.4, -0.2) is 60.0 Å². The number of hydrogen-bond acceptors (Lipinski definition) is 6. The maximum atomic E-state index is 13.7. The Labute approximate surface area is 218 Å². The van der Waals surface area contributed by atoms with Crippen LogP contribution in [0.4, 0.5) is 0 Å². The number of rotatable bonds is 6. The number of nitrogens with zero attached hydrogens (tertiary/aromatic N) is 2. The highest BCUT2D eigenvalue weighted by atomic mass is 16.5. The first kappa shape index (κ1) is 24.3. The monoisotopic (exact) mass is 504 g/mol. The van der Waals surface area contributed by atoms with Gasteiger partial charge < -0.3 is 23.7 Å². The third-order valence-corrected chi connectivity index (χ3v) is 9.03. The summed E-state index contributed by atoms with van der Waals surface area (Å²) in [6, 6.07) is 6.05. The first-order valence-electron chi connectivity index (χ1n) is 13.5. The molecule has 37 heavy (non-hydrogen) atoms. The van der Waals surface area contributed by atoms with Gasteiger partial charge in [-0.05, 0) is 75.4 Å². The summed E-state index contributed by atoms with van der Waals surface area (Å²) in [5.74, 6) is 2.05. The van der Waals surface area contributed by atoms with Crippen molar-refractivity contribution < 1.29 is 23.5 Å².